The van der Waals surface area contributed by atoms with Gasteiger partial charge in [0, 0.05) is 6.54 Å². The summed E-state index contributed by atoms with van der Waals surface area (Å²) in [5.74, 6) is -0.359. The van der Waals surface area contributed by atoms with Crippen molar-refractivity contribution < 1.29 is 27.4 Å². The second kappa shape index (κ2) is 8.03. The van der Waals surface area contributed by atoms with E-state index < -0.39 is 24.1 Å². The lowest BCUT2D eigenvalue weighted by Gasteiger charge is -2.24. The van der Waals surface area contributed by atoms with Gasteiger partial charge in [-0.25, -0.2) is 4.79 Å². The molecule has 1 atom stereocenters. The second-order valence-corrected chi connectivity index (χ2v) is 6.05. The fourth-order valence-corrected chi connectivity index (χ4v) is 1.92. The van der Waals surface area contributed by atoms with Gasteiger partial charge in [-0.2, -0.15) is 0 Å². The van der Waals surface area contributed by atoms with Crippen molar-refractivity contribution in [3.63, 3.8) is 0 Å². The van der Waals surface area contributed by atoms with Gasteiger partial charge in [0.25, 0.3) is 0 Å². The van der Waals surface area contributed by atoms with Crippen molar-refractivity contribution in [2.24, 2.45) is 4.99 Å². The van der Waals surface area contributed by atoms with E-state index in [-0.39, 0.29) is 5.75 Å². The van der Waals surface area contributed by atoms with Gasteiger partial charge in [0.05, 0.1) is 6.04 Å². The number of hydrogen-bond acceptors (Lipinski definition) is 4. The SMILES string of the molecule is C=NCCC(NC(=O)OC(C)(C)C)c1cccc(OC(F)(F)F)c1. The van der Waals surface area contributed by atoms with Gasteiger partial charge in [0.1, 0.15) is 11.4 Å². The maximum Gasteiger partial charge on any atom is 0.573 e. The van der Waals surface area contributed by atoms with Crippen molar-refractivity contribution in [1.82, 2.24) is 5.32 Å². The first-order valence-corrected chi connectivity index (χ1v) is 7.28. The lowest BCUT2D eigenvalue weighted by atomic mass is 10.0. The highest BCUT2D eigenvalue weighted by molar-refractivity contribution is 5.68. The summed E-state index contributed by atoms with van der Waals surface area (Å²) in [6, 6.07) is 4.84. The van der Waals surface area contributed by atoms with Crippen molar-refractivity contribution >= 4 is 12.8 Å². The Kier molecular flexibility index (Phi) is 6.62. The Morgan fingerprint density at radius 1 is 1.33 bits per heavy atom. The molecule has 1 N–H and O–H groups in total. The first kappa shape index (κ1) is 19.8. The molecule has 0 radical (unpaired) electrons. The van der Waals surface area contributed by atoms with Gasteiger partial charge in [-0.1, -0.05) is 12.1 Å². The monoisotopic (exact) mass is 346 g/mol. The molecule has 0 bridgehead atoms. The Bertz CT molecular complexity index is 568. The zero-order valence-corrected chi connectivity index (χ0v) is 13.8. The zero-order valence-electron chi connectivity index (χ0n) is 13.8. The van der Waals surface area contributed by atoms with Gasteiger partial charge < -0.3 is 19.8 Å². The smallest absolute Gasteiger partial charge is 0.444 e. The molecule has 0 aliphatic carbocycles. The van der Waals surface area contributed by atoms with Crippen LogP contribution in [-0.4, -0.2) is 31.3 Å². The molecule has 0 heterocycles. The Hall–Kier alpha value is -2.25. The standard InChI is InChI=1S/C16H21F3N2O3/c1-15(2,3)24-14(22)21-13(8-9-20-4)11-6-5-7-12(10-11)23-16(17,18)19/h5-7,10,13H,4,8-9H2,1-3H3,(H,21,22). The van der Waals surface area contributed by atoms with Crippen LogP contribution in [0.3, 0.4) is 0 Å². The number of nitrogens with zero attached hydrogens (tertiary/aromatic N) is 1. The van der Waals surface area contributed by atoms with Crippen molar-refractivity contribution in [1.29, 1.82) is 0 Å². The normalized spacial score (nSPS) is 13.1. The third-order valence-corrected chi connectivity index (χ3v) is 2.76. The molecule has 0 aliphatic rings. The summed E-state index contributed by atoms with van der Waals surface area (Å²) in [5, 5.41) is 2.63. The summed E-state index contributed by atoms with van der Waals surface area (Å²) >= 11 is 0. The van der Waals surface area contributed by atoms with Crippen LogP contribution in [0.5, 0.6) is 5.75 Å². The Morgan fingerprint density at radius 2 is 2.00 bits per heavy atom. The number of amides is 1. The molecular weight excluding hydrogens is 325 g/mol. The van der Waals surface area contributed by atoms with Gasteiger partial charge in [0.2, 0.25) is 0 Å². The van der Waals surface area contributed by atoms with E-state index >= 15 is 0 Å². The summed E-state index contributed by atoms with van der Waals surface area (Å²) < 4.78 is 46.1. The number of alkyl carbamates (subject to hydrolysis) is 1. The second-order valence-electron chi connectivity index (χ2n) is 6.05. The predicted octanol–water partition coefficient (Wildman–Crippen LogP) is 4.24. The molecule has 0 aromatic heterocycles. The zero-order chi connectivity index (χ0) is 18.4. The van der Waals surface area contributed by atoms with Crippen LogP contribution in [0.25, 0.3) is 0 Å². The number of carbonyl (C=O) groups excluding carboxylic acids is 1. The number of alkyl halides is 3. The van der Waals surface area contributed by atoms with E-state index in [1.54, 1.807) is 26.8 Å². The first-order valence-electron chi connectivity index (χ1n) is 7.28. The lowest BCUT2D eigenvalue weighted by molar-refractivity contribution is -0.274. The van der Waals surface area contributed by atoms with Crippen LogP contribution >= 0.6 is 0 Å². The summed E-state index contributed by atoms with van der Waals surface area (Å²) in [6.07, 6.45) is -5.09. The highest BCUT2D eigenvalue weighted by Gasteiger charge is 2.31. The largest absolute Gasteiger partial charge is 0.573 e. The third-order valence-electron chi connectivity index (χ3n) is 2.76. The molecule has 0 saturated carbocycles. The highest BCUT2D eigenvalue weighted by atomic mass is 19.4. The molecule has 1 aromatic carbocycles. The van der Waals surface area contributed by atoms with Crippen LogP contribution < -0.4 is 10.1 Å². The topological polar surface area (TPSA) is 59.9 Å². The number of rotatable bonds is 6. The average Bonchev–Trinajstić information content (AvgIpc) is 2.39. The van der Waals surface area contributed by atoms with E-state index in [9.17, 15) is 18.0 Å². The molecular formula is C16H21F3N2O3. The summed E-state index contributed by atoms with van der Waals surface area (Å²) in [4.78, 5) is 15.6. The number of hydrogen-bond donors (Lipinski definition) is 1. The van der Waals surface area contributed by atoms with E-state index in [4.69, 9.17) is 4.74 Å². The minimum Gasteiger partial charge on any atom is -0.444 e. The summed E-state index contributed by atoms with van der Waals surface area (Å²) in [5.41, 5.74) is -0.238. The third kappa shape index (κ3) is 7.85. The number of benzene rings is 1. The molecule has 24 heavy (non-hydrogen) atoms. The Balaban J connectivity index is 2.93. The van der Waals surface area contributed by atoms with Gasteiger partial charge in [0.15, 0.2) is 0 Å². The van der Waals surface area contributed by atoms with E-state index in [2.05, 4.69) is 21.8 Å². The van der Waals surface area contributed by atoms with Gasteiger partial charge in [-0.3, -0.25) is 0 Å². The number of carbonyl (C=O) groups is 1. The van der Waals surface area contributed by atoms with E-state index in [0.717, 1.165) is 0 Å². The molecule has 0 spiro atoms. The van der Waals surface area contributed by atoms with Crippen LogP contribution in [-0.2, 0) is 4.74 Å². The lowest BCUT2D eigenvalue weighted by Crippen LogP contribution is -2.35. The number of ether oxygens (including phenoxy) is 2. The average molecular weight is 346 g/mol. The molecule has 1 aromatic rings. The molecule has 1 rings (SSSR count). The van der Waals surface area contributed by atoms with Gasteiger partial charge >= 0.3 is 12.5 Å². The molecule has 0 aliphatic heterocycles. The maximum atomic E-state index is 12.3. The van der Waals surface area contributed by atoms with E-state index in [1.165, 1.54) is 18.2 Å². The fraction of sp³-hybridized carbons (Fsp3) is 0.500. The molecule has 5 nitrogen and oxygen atoms in total. The van der Waals surface area contributed by atoms with Crippen LogP contribution in [0.15, 0.2) is 29.3 Å². The minimum absolute atomic E-state index is 0.324. The first-order chi connectivity index (χ1) is 11.0. The Labute approximate surface area is 138 Å². The molecule has 0 saturated heterocycles. The summed E-state index contributed by atoms with van der Waals surface area (Å²) in [6.45, 7) is 8.83. The Morgan fingerprint density at radius 3 is 2.54 bits per heavy atom. The fourth-order valence-electron chi connectivity index (χ4n) is 1.92. The number of halogens is 3. The molecule has 0 fully saturated rings. The van der Waals surface area contributed by atoms with Gasteiger partial charge in [-0.05, 0) is 51.6 Å². The van der Waals surface area contributed by atoms with Crippen molar-refractivity contribution in [3.8, 4) is 5.75 Å². The molecule has 8 heteroatoms. The molecule has 1 amide bonds. The predicted molar refractivity (Wildman–Crippen MR) is 84.3 cm³/mol. The van der Waals surface area contributed by atoms with E-state index in [1.807, 2.05) is 0 Å². The van der Waals surface area contributed by atoms with E-state index in [0.29, 0.717) is 18.5 Å². The maximum absolute atomic E-state index is 12.3. The summed E-state index contributed by atoms with van der Waals surface area (Å²) in [7, 11) is 0. The molecule has 134 valence electrons. The van der Waals surface area contributed by atoms with Crippen LogP contribution in [0.2, 0.25) is 0 Å². The number of aliphatic imine (C=N–C) groups is 1. The van der Waals surface area contributed by atoms with Gasteiger partial charge in [-0.15, -0.1) is 13.2 Å². The number of nitrogens with one attached hydrogen (secondary N) is 1. The quantitative estimate of drug-likeness (QED) is 0.784. The van der Waals surface area contributed by atoms with Crippen LogP contribution in [0.4, 0.5) is 18.0 Å². The van der Waals surface area contributed by atoms with Crippen LogP contribution in [0.1, 0.15) is 38.8 Å². The van der Waals surface area contributed by atoms with Crippen molar-refractivity contribution in [3.05, 3.63) is 29.8 Å². The van der Waals surface area contributed by atoms with Crippen molar-refractivity contribution in [2.45, 2.75) is 45.2 Å². The highest BCUT2D eigenvalue weighted by Crippen LogP contribution is 2.27. The van der Waals surface area contributed by atoms with Crippen molar-refractivity contribution in [2.75, 3.05) is 6.54 Å². The minimum atomic E-state index is -4.78. The van der Waals surface area contributed by atoms with Crippen LogP contribution in [0, 0.1) is 0 Å². The molecule has 1 unspecified atom stereocenters.